The molecule has 12 heavy (non-hydrogen) atoms. The number of ether oxygens (including phenoxy) is 1. The van der Waals surface area contributed by atoms with Gasteiger partial charge in [-0.25, -0.2) is 0 Å². The van der Waals surface area contributed by atoms with E-state index in [0.717, 1.165) is 31.7 Å². The number of rotatable bonds is 7. The van der Waals surface area contributed by atoms with Crippen molar-refractivity contribution in [3.05, 3.63) is 12.3 Å². The second-order valence-corrected chi connectivity index (χ2v) is 3.06. The van der Waals surface area contributed by atoms with Gasteiger partial charge in [-0.15, -0.1) is 0 Å². The fraction of sp³-hybridized carbons (Fsp3) is 0.800. The summed E-state index contributed by atoms with van der Waals surface area (Å²) in [4.78, 5) is 0. The summed E-state index contributed by atoms with van der Waals surface area (Å²) in [6.45, 7) is 11.7. The Bertz CT molecular complexity index is 123. The van der Waals surface area contributed by atoms with Gasteiger partial charge in [0.25, 0.3) is 0 Å². The van der Waals surface area contributed by atoms with Crippen LogP contribution in [0.1, 0.15) is 33.6 Å². The van der Waals surface area contributed by atoms with E-state index in [2.05, 4.69) is 25.7 Å². The molecule has 0 spiro atoms. The molecule has 0 bridgehead atoms. The van der Waals surface area contributed by atoms with Crippen molar-refractivity contribution in [3.63, 3.8) is 0 Å². The Balaban J connectivity index is 3.45. The van der Waals surface area contributed by atoms with E-state index in [1.807, 2.05) is 6.92 Å². The van der Waals surface area contributed by atoms with Gasteiger partial charge >= 0.3 is 0 Å². The first-order valence-corrected chi connectivity index (χ1v) is 4.71. The molecule has 1 unspecified atom stereocenters. The van der Waals surface area contributed by atoms with Crippen molar-refractivity contribution in [2.45, 2.75) is 39.7 Å². The van der Waals surface area contributed by atoms with Crippen LogP contribution >= 0.6 is 0 Å². The smallest absolute Gasteiger partial charge is 0.0744 e. The number of allylic oxidation sites excluding steroid dienone is 1. The number of hydrogen-bond acceptors (Lipinski definition) is 2. The van der Waals surface area contributed by atoms with Crippen LogP contribution in [0.5, 0.6) is 0 Å². The van der Waals surface area contributed by atoms with E-state index in [-0.39, 0.29) is 0 Å². The minimum Gasteiger partial charge on any atom is -0.386 e. The van der Waals surface area contributed by atoms with Gasteiger partial charge in [-0.3, -0.25) is 0 Å². The van der Waals surface area contributed by atoms with Gasteiger partial charge in [0.05, 0.1) is 6.10 Å². The average Bonchev–Trinajstić information content (AvgIpc) is 2.05. The molecule has 0 aromatic heterocycles. The third kappa shape index (κ3) is 6.23. The zero-order chi connectivity index (χ0) is 9.40. The first kappa shape index (κ1) is 11.5. The van der Waals surface area contributed by atoms with Crippen molar-refractivity contribution >= 4 is 0 Å². The molecule has 0 fully saturated rings. The molecule has 0 aromatic carbocycles. The zero-order valence-electron chi connectivity index (χ0n) is 8.52. The zero-order valence-corrected chi connectivity index (χ0v) is 8.52. The maximum absolute atomic E-state index is 5.59. The Labute approximate surface area is 76.0 Å². The van der Waals surface area contributed by atoms with Crippen LogP contribution in [-0.2, 0) is 4.74 Å². The molecular formula is C10H21NO. The van der Waals surface area contributed by atoms with Crippen LogP contribution in [0, 0.1) is 0 Å². The van der Waals surface area contributed by atoms with Crippen molar-refractivity contribution in [1.82, 2.24) is 5.32 Å². The van der Waals surface area contributed by atoms with Crippen molar-refractivity contribution in [3.8, 4) is 0 Å². The van der Waals surface area contributed by atoms with Crippen LogP contribution in [0.2, 0.25) is 0 Å². The summed E-state index contributed by atoms with van der Waals surface area (Å²) in [7, 11) is 0. The summed E-state index contributed by atoms with van der Waals surface area (Å²) in [6, 6.07) is 0. The molecule has 1 N–H and O–H groups in total. The average molecular weight is 171 g/mol. The van der Waals surface area contributed by atoms with Gasteiger partial charge in [-0.2, -0.15) is 0 Å². The molecule has 0 heterocycles. The monoisotopic (exact) mass is 171 g/mol. The molecule has 1 atom stereocenters. The quantitative estimate of drug-likeness (QED) is 0.634. The lowest BCUT2D eigenvalue weighted by Crippen LogP contribution is -2.27. The lowest BCUT2D eigenvalue weighted by atomic mass is 10.2. The van der Waals surface area contributed by atoms with Gasteiger partial charge in [0.2, 0.25) is 0 Å². The Morgan fingerprint density at radius 1 is 1.50 bits per heavy atom. The van der Waals surface area contributed by atoms with Crippen molar-refractivity contribution < 1.29 is 4.74 Å². The maximum atomic E-state index is 5.59. The molecule has 0 rings (SSSR count). The van der Waals surface area contributed by atoms with E-state index in [1.54, 1.807) is 0 Å². The highest BCUT2D eigenvalue weighted by atomic mass is 16.5. The summed E-state index contributed by atoms with van der Waals surface area (Å²) >= 11 is 0. The van der Waals surface area contributed by atoms with Gasteiger partial charge in [-0.1, -0.05) is 20.4 Å². The van der Waals surface area contributed by atoms with Gasteiger partial charge in [0.15, 0.2) is 0 Å². The normalized spacial score (nSPS) is 12.6. The SMILES string of the molecule is C=C(C)NCC(CC)OCCC. The summed E-state index contributed by atoms with van der Waals surface area (Å²) in [5.74, 6) is 0. The highest BCUT2D eigenvalue weighted by Crippen LogP contribution is 1.98. The third-order valence-electron chi connectivity index (χ3n) is 1.64. The summed E-state index contributed by atoms with van der Waals surface area (Å²) < 4.78 is 5.59. The Kier molecular flexibility index (Phi) is 6.87. The predicted molar refractivity (Wildman–Crippen MR) is 53.1 cm³/mol. The first-order chi connectivity index (χ1) is 5.70. The Morgan fingerprint density at radius 3 is 2.58 bits per heavy atom. The van der Waals surface area contributed by atoms with E-state index >= 15 is 0 Å². The molecule has 0 saturated heterocycles. The molecule has 0 amide bonds. The Morgan fingerprint density at radius 2 is 2.17 bits per heavy atom. The maximum Gasteiger partial charge on any atom is 0.0744 e. The van der Waals surface area contributed by atoms with E-state index in [4.69, 9.17) is 4.74 Å². The Hall–Kier alpha value is -0.500. The number of nitrogens with one attached hydrogen (secondary N) is 1. The minimum absolute atomic E-state index is 0.335. The minimum atomic E-state index is 0.335. The standard InChI is InChI=1S/C10H21NO/c1-5-7-12-10(6-2)8-11-9(3)4/h10-11H,3,5-8H2,1-2,4H3. The van der Waals surface area contributed by atoms with Crippen LogP contribution < -0.4 is 5.32 Å². The van der Waals surface area contributed by atoms with E-state index < -0.39 is 0 Å². The fourth-order valence-electron chi connectivity index (χ4n) is 0.894. The van der Waals surface area contributed by atoms with Gasteiger partial charge < -0.3 is 10.1 Å². The van der Waals surface area contributed by atoms with Gasteiger partial charge in [-0.05, 0) is 19.8 Å². The van der Waals surface area contributed by atoms with Crippen LogP contribution in [0.15, 0.2) is 12.3 Å². The van der Waals surface area contributed by atoms with E-state index in [9.17, 15) is 0 Å². The molecule has 0 aliphatic carbocycles. The van der Waals surface area contributed by atoms with Crippen LogP contribution in [0.25, 0.3) is 0 Å². The first-order valence-electron chi connectivity index (χ1n) is 4.71. The van der Waals surface area contributed by atoms with Crippen LogP contribution in [0.3, 0.4) is 0 Å². The predicted octanol–water partition coefficient (Wildman–Crippen LogP) is 2.31. The van der Waals surface area contributed by atoms with Crippen molar-refractivity contribution in [1.29, 1.82) is 0 Å². The molecule has 0 saturated carbocycles. The van der Waals surface area contributed by atoms with Crippen molar-refractivity contribution in [2.24, 2.45) is 0 Å². The van der Waals surface area contributed by atoms with Crippen LogP contribution in [-0.4, -0.2) is 19.3 Å². The third-order valence-corrected chi connectivity index (χ3v) is 1.64. The summed E-state index contributed by atoms with van der Waals surface area (Å²) in [5.41, 5.74) is 1.01. The summed E-state index contributed by atoms with van der Waals surface area (Å²) in [6.07, 6.45) is 2.48. The highest BCUT2D eigenvalue weighted by molar-refractivity contribution is 4.85. The fourth-order valence-corrected chi connectivity index (χ4v) is 0.894. The highest BCUT2D eigenvalue weighted by Gasteiger charge is 2.04. The second-order valence-electron chi connectivity index (χ2n) is 3.06. The lowest BCUT2D eigenvalue weighted by molar-refractivity contribution is 0.0529. The van der Waals surface area contributed by atoms with E-state index in [1.165, 1.54) is 0 Å². The lowest BCUT2D eigenvalue weighted by Gasteiger charge is -2.16. The molecule has 0 aromatic rings. The topological polar surface area (TPSA) is 21.3 Å². The van der Waals surface area contributed by atoms with Crippen LogP contribution in [0.4, 0.5) is 0 Å². The molecule has 0 radical (unpaired) electrons. The molecular weight excluding hydrogens is 150 g/mol. The van der Waals surface area contributed by atoms with Crippen molar-refractivity contribution in [2.75, 3.05) is 13.2 Å². The van der Waals surface area contributed by atoms with E-state index in [0.29, 0.717) is 6.10 Å². The molecule has 0 aliphatic heterocycles. The van der Waals surface area contributed by atoms with Gasteiger partial charge in [0.1, 0.15) is 0 Å². The number of hydrogen-bond donors (Lipinski definition) is 1. The summed E-state index contributed by atoms with van der Waals surface area (Å²) in [5, 5.41) is 3.19. The molecule has 0 aliphatic rings. The molecule has 2 heteroatoms. The van der Waals surface area contributed by atoms with Gasteiger partial charge in [0, 0.05) is 18.8 Å². The second kappa shape index (κ2) is 7.17. The molecule has 2 nitrogen and oxygen atoms in total. The largest absolute Gasteiger partial charge is 0.386 e. The molecule has 72 valence electrons.